The van der Waals surface area contributed by atoms with Crippen molar-refractivity contribution in [1.82, 2.24) is 4.98 Å². The average molecular weight is 340 g/mol. The Morgan fingerprint density at radius 2 is 1.84 bits per heavy atom. The van der Waals surface area contributed by atoms with E-state index in [0.717, 1.165) is 16.5 Å². The van der Waals surface area contributed by atoms with Crippen molar-refractivity contribution in [2.75, 3.05) is 0 Å². The first-order valence-electron chi connectivity index (χ1n) is 7.84. The Bertz CT molecular complexity index is 902. The number of aromatic nitrogens is 1. The number of hydrogen-bond acceptors (Lipinski definition) is 3. The van der Waals surface area contributed by atoms with Gasteiger partial charge in [0.15, 0.2) is 0 Å². The maximum atomic E-state index is 13.0. The van der Waals surface area contributed by atoms with E-state index in [2.05, 4.69) is 4.98 Å². The fourth-order valence-corrected chi connectivity index (χ4v) is 2.69. The van der Waals surface area contributed by atoms with E-state index in [4.69, 9.17) is 10.5 Å². The Kier molecular flexibility index (Phi) is 4.79. The number of para-hydroxylation sites is 1. The molecule has 0 radical (unpaired) electrons. The third kappa shape index (κ3) is 3.85. The number of carbonyl (C=O) groups is 2. The van der Waals surface area contributed by atoms with Gasteiger partial charge in [0, 0.05) is 29.1 Å². The third-order valence-corrected chi connectivity index (χ3v) is 3.95. The molecule has 1 amide bonds. The largest absolute Gasteiger partial charge is 0.447 e. The Labute approximate surface area is 143 Å². The van der Waals surface area contributed by atoms with Gasteiger partial charge in [0.1, 0.15) is 5.82 Å². The number of rotatable bonds is 6. The fourth-order valence-electron chi connectivity index (χ4n) is 2.69. The predicted octanol–water partition coefficient (Wildman–Crippen LogP) is 3.01. The Morgan fingerprint density at radius 3 is 2.56 bits per heavy atom. The van der Waals surface area contributed by atoms with Crippen LogP contribution in [0, 0.1) is 5.82 Å². The summed E-state index contributed by atoms with van der Waals surface area (Å²) in [6.07, 6.45) is 1.20. The molecule has 3 aromatic rings. The topological polar surface area (TPSA) is 85.2 Å². The maximum absolute atomic E-state index is 13.0. The van der Waals surface area contributed by atoms with Crippen LogP contribution in [0.25, 0.3) is 10.9 Å². The zero-order chi connectivity index (χ0) is 17.8. The molecule has 0 fully saturated rings. The van der Waals surface area contributed by atoms with Crippen LogP contribution in [0.3, 0.4) is 0 Å². The molecule has 0 bridgehead atoms. The van der Waals surface area contributed by atoms with E-state index in [9.17, 15) is 14.0 Å². The Morgan fingerprint density at radius 1 is 1.12 bits per heavy atom. The molecule has 0 spiro atoms. The van der Waals surface area contributed by atoms with Crippen LogP contribution in [0.5, 0.6) is 0 Å². The van der Waals surface area contributed by atoms with Gasteiger partial charge in [-0.1, -0.05) is 30.3 Å². The summed E-state index contributed by atoms with van der Waals surface area (Å²) in [6, 6.07) is 12.9. The van der Waals surface area contributed by atoms with Gasteiger partial charge in [-0.15, -0.1) is 0 Å². The molecule has 5 nitrogen and oxygen atoms in total. The molecule has 6 heteroatoms. The van der Waals surface area contributed by atoms with E-state index in [-0.39, 0.29) is 6.42 Å². The van der Waals surface area contributed by atoms with E-state index >= 15 is 0 Å². The van der Waals surface area contributed by atoms with Crippen LogP contribution >= 0.6 is 0 Å². The molecule has 0 aliphatic carbocycles. The van der Waals surface area contributed by atoms with Crippen molar-refractivity contribution in [2.24, 2.45) is 5.73 Å². The number of aromatic amines is 1. The highest BCUT2D eigenvalue weighted by atomic mass is 19.1. The highest BCUT2D eigenvalue weighted by molar-refractivity contribution is 5.85. The number of aryl methyl sites for hydroxylation is 1. The first kappa shape index (κ1) is 16.7. The van der Waals surface area contributed by atoms with Gasteiger partial charge in [-0.3, -0.25) is 9.59 Å². The van der Waals surface area contributed by atoms with Crippen molar-refractivity contribution in [3.05, 3.63) is 71.7 Å². The van der Waals surface area contributed by atoms with Crippen molar-refractivity contribution >= 4 is 22.8 Å². The molecule has 2 aromatic carbocycles. The van der Waals surface area contributed by atoms with Gasteiger partial charge in [0.25, 0.3) is 5.91 Å². The Balaban J connectivity index is 1.66. The summed E-state index contributed by atoms with van der Waals surface area (Å²) in [7, 11) is 0. The number of amides is 1. The predicted molar refractivity (Wildman–Crippen MR) is 91.0 cm³/mol. The van der Waals surface area contributed by atoms with Crippen LogP contribution < -0.4 is 5.73 Å². The Hall–Kier alpha value is -3.15. The van der Waals surface area contributed by atoms with E-state index in [0.29, 0.717) is 12.0 Å². The van der Waals surface area contributed by atoms with Gasteiger partial charge in [-0.25, -0.2) is 4.39 Å². The fraction of sp³-hybridized carbons (Fsp3) is 0.158. The number of halogens is 1. The van der Waals surface area contributed by atoms with E-state index < -0.39 is 23.8 Å². The van der Waals surface area contributed by atoms with Crippen LogP contribution in [-0.4, -0.2) is 16.9 Å². The molecule has 1 heterocycles. The molecule has 1 atom stereocenters. The number of benzene rings is 2. The highest BCUT2D eigenvalue weighted by Crippen LogP contribution is 2.21. The summed E-state index contributed by atoms with van der Waals surface area (Å²) in [4.78, 5) is 26.8. The van der Waals surface area contributed by atoms with Gasteiger partial charge >= 0.3 is 5.97 Å². The zero-order valence-electron chi connectivity index (χ0n) is 13.4. The minimum absolute atomic E-state index is 0.104. The summed E-state index contributed by atoms with van der Waals surface area (Å²) in [6.45, 7) is 0. The molecule has 3 N–H and O–H groups in total. The summed E-state index contributed by atoms with van der Waals surface area (Å²) in [5.41, 5.74) is 7.63. The number of nitrogens with one attached hydrogen (secondary N) is 1. The number of nitrogens with two attached hydrogens (primary N) is 1. The summed E-state index contributed by atoms with van der Waals surface area (Å²) in [5.74, 6) is -1.79. The minimum atomic E-state index is -1.23. The van der Waals surface area contributed by atoms with Crippen LogP contribution in [0.2, 0.25) is 0 Å². The van der Waals surface area contributed by atoms with Gasteiger partial charge in [0.2, 0.25) is 6.10 Å². The molecular weight excluding hydrogens is 323 g/mol. The number of fused-ring (bicyclic) bond motifs is 1. The van der Waals surface area contributed by atoms with Gasteiger partial charge < -0.3 is 15.5 Å². The van der Waals surface area contributed by atoms with E-state index in [1.807, 2.05) is 30.5 Å². The number of ether oxygens (including phenoxy) is 1. The lowest BCUT2D eigenvalue weighted by molar-refractivity contribution is -0.155. The quantitative estimate of drug-likeness (QED) is 0.677. The SMILES string of the molecule is NC(=O)[C@H](OC(=O)CCc1c[nH]c2ccccc12)c1ccc(F)cc1. The first-order valence-corrected chi connectivity index (χ1v) is 7.84. The number of esters is 1. The maximum Gasteiger partial charge on any atom is 0.307 e. The van der Waals surface area contributed by atoms with E-state index in [1.165, 1.54) is 24.3 Å². The van der Waals surface area contributed by atoms with Gasteiger partial charge in [0.05, 0.1) is 0 Å². The van der Waals surface area contributed by atoms with Gasteiger partial charge in [-0.05, 0) is 30.2 Å². The smallest absolute Gasteiger partial charge is 0.307 e. The first-order chi connectivity index (χ1) is 12.0. The van der Waals surface area contributed by atoms with Crippen LogP contribution in [0.1, 0.15) is 23.7 Å². The zero-order valence-corrected chi connectivity index (χ0v) is 13.4. The molecule has 128 valence electrons. The normalized spacial score (nSPS) is 12.0. The lowest BCUT2D eigenvalue weighted by atomic mass is 10.1. The van der Waals surface area contributed by atoms with Crippen molar-refractivity contribution in [2.45, 2.75) is 18.9 Å². The lowest BCUT2D eigenvalue weighted by Gasteiger charge is -2.15. The molecule has 0 aliphatic rings. The molecule has 0 saturated carbocycles. The molecule has 0 unspecified atom stereocenters. The average Bonchev–Trinajstić information content (AvgIpc) is 3.02. The molecule has 0 saturated heterocycles. The molecule has 0 aliphatic heterocycles. The number of H-pyrrole nitrogens is 1. The lowest BCUT2D eigenvalue weighted by Crippen LogP contribution is -2.26. The second-order valence-corrected chi connectivity index (χ2v) is 5.68. The highest BCUT2D eigenvalue weighted by Gasteiger charge is 2.22. The minimum Gasteiger partial charge on any atom is -0.447 e. The van der Waals surface area contributed by atoms with Crippen LogP contribution in [0.15, 0.2) is 54.7 Å². The second kappa shape index (κ2) is 7.17. The van der Waals surface area contributed by atoms with Gasteiger partial charge in [-0.2, -0.15) is 0 Å². The third-order valence-electron chi connectivity index (χ3n) is 3.95. The summed E-state index contributed by atoms with van der Waals surface area (Å²) < 4.78 is 18.2. The molecule has 3 rings (SSSR count). The summed E-state index contributed by atoms with van der Waals surface area (Å²) in [5, 5.41) is 1.04. The van der Waals surface area contributed by atoms with Crippen LogP contribution in [-0.2, 0) is 20.7 Å². The second-order valence-electron chi connectivity index (χ2n) is 5.68. The van der Waals surface area contributed by atoms with Crippen molar-refractivity contribution in [1.29, 1.82) is 0 Å². The molecule has 1 aromatic heterocycles. The number of carbonyl (C=O) groups excluding carboxylic acids is 2. The standard InChI is InChI=1S/C19H17FN2O3/c20-14-8-5-12(6-9-14)18(19(21)24)25-17(23)10-7-13-11-22-16-4-2-1-3-15(13)16/h1-6,8-9,11,18,22H,7,10H2,(H2,21,24)/t18-/m1/s1. The number of primary amides is 1. The van der Waals surface area contributed by atoms with Crippen molar-refractivity contribution in [3.63, 3.8) is 0 Å². The van der Waals surface area contributed by atoms with Crippen LogP contribution in [0.4, 0.5) is 4.39 Å². The van der Waals surface area contributed by atoms with E-state index in [1.54, 1.807) is 0 Å². The number of hydrogen-bond donors (Lipinski definition) is 2. The van der Waals surface area contributed by atoms with Crippen molar-refractivity contribution < 1.29 is 18.7 Å². The molecule has 25 heavy (non-hydrogen) atoms. The summed E-state index contributed by atoms with van der Waals surface area (Å²) >= 11 is 0. The monoisotopic (exact) mass is 340 g/mol. The van der Waals surface area contributed by atoms with Crippen molar-refractivity contribution in [3.8, 4) is 0 Å². The molecular formula is C19H17FN2O3.